The molecule has 0 radical (unpaired) electrons. The summed E-state index contributed by atoms with van der Waals surface area (Å²) in [5.74, 6) is -0.207. The standard InChI is InChI=1S/C16H22O2/c1-5-14(15(17)18-16(2,3)4)12-11-13-9-7-6-8-10-13/h5-10H,11-12H2,1-4H3. The third-order valence-electron chi connectivity index (χ3n) is 2.54. The van der Waals surface area contributed by atoms with Gasteiger partial charge >= 0.3 is 5.97 Å². The number of hydrogen-bond acceptors (Lipinski definition) is 2. The lowest BCUT2D eigenvalue weighted by molar-refractivity contribution is -0.150. The average molecular weight is 246 g/mol. The second kappa shape index (κ2) is 6.39. The Morgan fingerprint density at radius 2 is 1.83 bits per heavy atom. The van der Waals surface area contributed by atoms with Gasteiger partial charge in [0.15, 0.2) is 0 Å². The SMILES string of the molecule is CC=C(CCc1ccccc1)C(=O)OC(C)(C)C. The molecule has 0 bridgehead atoms. The van der Waals surface area contributed by atoms with Crippen molar-refractivity contribution in [1.29, 1.82) is 0 Å². The molecule has 2 heteroatoms. The monoisotopic (exact) mass is 246 g/mol. The second-order valence-electron chi connectivity index (χ2n) is 5.30. The van der Waals surface area contributed by atoms with E-state index in [9.17, 15) is 4.79 Å². The Morgan fingerprint density at radius 1 is 1.22 bits per heavy atom. The lowest BCUT2D eigenvalue weighted by Crippen LogP contribution is -2.25. The van der Waals surface area contributed by atoms with Gasteiger partial charge in [0.1, 0.15) is 5.60 Å². The maximum atomic E-state index is 11.9. The molecule has 0 saturated heterocycles. The number of carbonyl (C=O) groups excluding carboxylic acids is 1. The molecule has 0 aliphatic carbocycles. The van der Waals surface area contributed by atoms with E-state index >= 15 is 0 Å². The Hall–Kier alpha value is -1.57. The van der Waals surface area contributed by atoms with Gasteiger partial charge in [-0.1, -0.05) is 36.4 Å². The van der Waals surface area contributed by atoms with Crippen molar-refractivity contribution >= 4 is 5.97 Å². The smallest absolute Gasteiger partial charge is 0.334 e. The van der Waals surface area contributed by atoms with Crippen molar-refractivity contribution in [2.45, 2.75) is 46.1 Å². The van der Waals surface area contributed by atoms with E-state index < -0.39 is 5.60 Å². The molecule has 0 aliphatic rings. The summed E-state index contributed by atoms with van der Waals surface area (Å²) in [5.41, 5.74) is 1.55. The number of esters is 1. The van der Waals surface area contributed by atoms with E-state index in [-0.39, 0.29) is 5.97 Å². The zero-order valence-electron chi connectivity index (χ0n) is 11.7. The summed E-state index contributed by atoms with van der Waals surface area (Å²) in [4.78, 5) is 11.9. The van der Waals surface area contributed by atoms with E-state index in [4.69, 9.17) is 4.74 Å². The van der Waals surface area contributed by atoms with Crippen molar-refractivity contribution in [3.8, 4) is 0 Å². The number of carbonyl (C=O) groups is 1. The summed E-state index contributed by atoms with van der Waals surface area (Å²) in [6.07, 6.45) is 3.42. The third-order valence-corrected chi connectivity index (χ3v) is 2.54. The average Bonchev–Trinajstić information content (AvgIpc) is 2.29. The molecule has 0 unspecified atom stereocenters. The summed E-state index contributed by atoms with van der Waals surface area (Å²) in [5, 5.41) is 0. The molecule has 0 spiro atoms. The predicted molar refractivity (Wildman–Crippen MR) is 74.4 cm³/mol. The highest BCUT2D eigenvalue weighted by Crippen LogP contribution is 2.15. The van der Waals surface area contributed by atoms with Gasteiger partial charge in [0.05, 0.1) is 0 Å². The topological polar surface area (TPSA) is 26.3 Å². The fraction of sp³-hybridized carbons (Fsp3) is 0.438. The highest BCUT2D eigenvalue weighted by molar-refractivity contribution is 5.88. The van der Waals surface area contributed by atoms with E-state index in [2.05, 4.69) is 12.1 Å². The third kappa shape index (κ3) is 5.17. The van der Waals surface area contributed by atoms with E-state index in [0.29, 0.717) is 0 Å². The normalized spacial score (nSPS) is 12.3. The van der Waals surface area contributed by atoms with Crippen molar-refractivity contribution in [3.05, 3.63) is 47.5 Å². The second-order valence-corrected chi connectivity index (χ2v) is 5.30. The Labute approximate surface area is 110 Å². The van der Waals surface area contributed by atoms with Crippen LogP contribution in [0.3, 0.4) is 0 Å². The quantitative estimate of drug-likeness (QED) is 0.595. The molecule has 1 aromatic rings. The van der Waals surface area contributed by atoms with E-state index in [1.807, 2.05) is 52.0 Å². The Bertz CT molecular complexity index is 410. The van der Waals surface area contributed by atoms with Crippen LogP contribution < -0.4 is 0 Å². The van der Waals surface area contributed by atoms with Crippen LogP contribution in [-0.4, -0.2) is 11.6 Å². The minimum atomic E-state index is -0.432. The van der Waals surface area contributed by atoms with Crippen molar-refractivity contribution in [3.63, 3.8) is 0 Å². The zero-order valence-corrected chi connectivity index (χ0v) is 11.7. The maximum absolute atomic E-state index is 11.9. The van der Waals surface area contributed by atoms with Gasteiger partial charge in [-0.25, -0.2) is 4.79 Å². The highest BCUT2D eigenvalue weighted by atomic mass is 16.6. The zero-order chi connectivity index (χ0) is 13.6. The van der Waals surface area contributed by atoms with Crippen molar-refractivity contribution < 1.29 is 9.53 Å². The molecule has 0 aromatic heterocycles. The number of rotatable bonds is 4. The number of benzene rings is 1. The first-order valence-corrected chi connectivity index (χ1v) is 6.35. The molecule has 0 atom stereocenters. The van der Waals surface area contributed by atoms with Gasteiger partial charge in [-0.3, -0.25) is 0 Å². The summed E-state index contributed by atoms with van der Waals surface area (Å²) in [6.45, 7) is 7.53. The molecular weight excluding hydrogens is 224 g/mol. The van der Waals surface area contributed by atoms with Crippen LogP contribution in [0.25, 0.3) is 0 Å². The molecule has 0 saturated carbocycles. The molecule has 98 valence electrons. The lowest BCUT2D eigenvalue weighted by atomic mass is 10.0. The fourth-order valence-corrected chi connectivity index (χ4v) is 1.63. The van der Waals surface area contributed by atoms with Crippen LogP contribution in [0.4, 0.5) is 0 Å². The Kier molecular flexibility index (Phi) is 5.14. The van der Waals surface area contributed by atoms with E-state index in [1.165, 1.54) is 5.56 Å². The van der Waals surface area contributed by atoms with Gasteiger partial charge in [0.25, 0.3) is 0 Å². The molecule has 0 amide bonds. The minimum Gasteiger partial charge on any atom is -0.457 e. The molecule has 1 rings (SSSR count). The van der Waals surface area contributed by atoms with Gasteiger partial charge in [-0.15, -0.1) is 0 Å². The Morgan fingerprint density at radius 3 is 2.33 bits per heavy atom. The van der Waals surface area contributed by atoms with Crippen LogP contribution in [0.2, 0.25) is 0 Å². The molecule has 1 aromatic carbocycles. The summed E-state index contributed by atoms with van der Waals surface area (Å²) in [7, 11) is 0. The first kappa shape index (κ1) is 14.5. The number of allylic oxidation sites excluding steroid dienone is 1. The van der Waals surface area contributed by atoms with Crippen molar-refractivity contribution in [2.75, 3.05) is 0 Å². The molecule has 2 nitrogen and oxygen atoms in total. The van der Waals surface area contributed by atoms with Crippen LogP contribution in [0.5, 0.6) is 0 Å². The van der Waals surface area contributed by atoms with Gasteiger partial charge in [0, 0.05) is 5.57 Å². The number of aryl methyl sites for hydroxylation is 1. The van der Waals surface area contributed by atoms with Crippen LogP contribution in [0.15, 0.2) is 42.0 Å². The Balaban J connectivity index is 2.56. The predicted octanol–water partition coefficient (Wildman–Crippen LogP) is 3.91. The summed E-state index contributed by atoms with van der Waals surface area (Å²) >= 11 is 0. The van der Waals surface area contributed by atoms with Gasteiger partial charge < -0.3 is 4.74 Å². The van der Waals surface area contributed by atoms with Crippen molar-refractivity contribution in [1.82, 2.24) is 0 Å². The number of hydrogen-bond donors (Lipinski definition) is 0. The van der Waals surface area contributed by atoms with Crippen LogP contribution in [0.1, 0.15) is 39.7 Å². The molecule has 18 heavy (non-hydrogen) atoms. The molecule has 0 N–H and O–H groups in total. The molecule has 0 heterocycles. The first-order valence-electron chi connectivity index (χ1n) is 6.35. The summed E-state index contributed by atoms with van der Waals surface area (Å²) in [6, 6.07) is 10.2. The highest BCUT2D eigenvalue weighted by Gasteiger charge is 2.18. The van der Waals surface area contributed by atoms with E-state index in [1.54, 1.807) is 0 Å². The van der Waals surface area contributed by atoms with Crippen LogP contribution in [-0.2, 0) is 16.0 Å². The largest absolute Gasteiger partial charge is 0.457 e. The minimum absolute atomic E-state index is 0.207. The van der Waals surface area contributed by atoms with Gasteiger partial charge in [-0.2, -0.15) is 0 Å². The first-order chi connectivity index (χ1) is 8.42. The maximum Gasteiger partial charge on any atom is 0.334 e. The molecular formula is C16H22O2. The van der Waals surface area contributed by atoms with Gasteiger partial charge in [-0.05, 0) is 46.1 Å². The summed E-state index contributed by atoms with van der Waals surface area (Å²) < 4.78 is 5.37. The van der Waals surface area contributed by atoms with E-state index in [0.717, 1.165) is 18.4 Å². The lowest BCUT2D eigenvalue weighted by Gasteiger charge is -2.20. The molecule has 0 fully saturated rings. The van der Waals surface area contributed by atoms with Crippen LogP contribution in [0, 0.1) is 0 Å². The fourth-order valence-electron chi connectivity index (χ4n) is 1.63. The molecule has 0 aliphatic heterocycles. The van der Waals surface area contributed by atoms with Gasteiger partial charge in [0.2, 0.25) is 0 Å². The van der Waals surface area contributed by atoms with Crippen molar-refractivity contribution in [2.24, 2.45) is 0 Å². The van der Waals surface area contributed by atoms with Crippen LogP contribution >= 0.6 is 0 Å². The number of ether oxygens (including phenoxy) is 1.